The predicted molar refractivity (Wildman–Crippen MR) is 98.0 cm³/mol. The summed E-state index contributed by atoms with van der Waals surface area (Å²) in [6.45, 7) is -0.0613. The summed E-state index contributed by atoms with van der Waals surface area (Å²) in [4.78, 5) is 26.5. The highest BCUT2D eigenvalue weighted by atomic mass is 16.5. The van der Waals surface area contributed by atoms with Gasteiger partial charge in [-0.15, -0.1) is 0 Å². The lowest BCUT2D eigenvalue weighted by molar-refractivity contribution is -0.122. The summed E-state index contributed by atoms with van der Waals surface area (Å²) in [6, 6.07) is 15.3. The summed E-state index contributed by atoms with van der Waals surface area (Å²) in [5.74, 6) is 0.441. The molecule has 2 aliphatic rings. The van der Waals surface area contributed by atoms with Crippen LogP contribution in [-0.2, 0) is 4.79 Å². The summed E-state index contributed by atoms with van der Waals surface area (Å²) in [6.07, 6.45) is 1.70. The maximum absolute atomic E-state index is 13.1. The third kappa shape index (κ3) is 2.98. The number of nitrogens with zero attached hydrogens (tertiary/aromatic N) is 1. The van der Waals surface area contributed by atoms with Crippen LogP contribution in [0.25, 0.3) is 0 Å². The van der Waals surface area contributed by atoms with Crippen molar-refractivity contribution in [3.8, 4) is 5.75 Å². The Morgan fingerprint density at radius 2 is 1.92 bits per heavy atom. The minimum atomic E-state index is -0.314. The Kier molecular flexibility index (Phi) is 4.24. The van der Waals surface area contributed by atoms with E-state index < -0.39 is 0 Å². The molecule has 0 unspecified atom stereocenters. The highest BCUT2D eigenvalue weighted by Gasteiger charge is 2.42. The molecule has 0 saturated heterocycles. The number of ether oxygens (including phenoxy) is 1. The molecule has 1 heterocycles. The van der Waals surface area contributed by atoms with Gasteiger partial charge in [-0.2, -0.15) is 0 Å². The molecule has 6 heteroatoms. The number of fused-ring (bicyclic) bond motifs is 1. The van der Waals surface area contributed by atoms with Crippen molar-refractivity contribution in [1.29, 1.82) is 0 Å². The van der Waals surface area contributed by atoms with Gasteiger partial charge in [-0.05, 0) is 31.0 Å². The van der Waals surface area contributed by atoms with Crippen LogP contribution in [0, 0.1) is 0 Å². The van der Waals surface area contributed by atoms with E-state index >= 15 is 0 Å². The predicted octanol–water partition coefficient (Wildman–Crippen LogP) is 2.54. The number of nitrogens with one attached hydrogen (secondary N) is 2. The minimum Gasteiger partial charge on any atom is -0.483 e. The van der Waals surface area contributed by atoms with Crippen molar-refractivity contribution in [3.05, 3.63) is 59.7 Å². The second-order valence-corrected chi connectivity index (χ2v) is 6.54. The second-order valence-electron chi connectivity index (χ2n) is 6.54. The van der Waals surface area contributed by atoms with E-state index in [1.165, 1.54) is 0 Å². The van der Waals surface area contributed by atoms with Crippen molar-refractivity contribution in [2.75, 3.05) is 19.0 Å². The fourth-order valence-electron chi connectivity index (χ4n) is 3.28. The molecule has 2 amide bonds. The lowest BCUT2D eigenvalue weighted by Crippen LogP contribution is -2.44. The first-order chi connectivity index (χ1) is 12.7. The Morgan fingerprint density at radius 1 is 1.19 bits per heavy atom. The molecule has 1 fully saturated rings. The quantitative estimate of drug-likeness (QED) is 0.868. The first kappa shape index (κ1) is 16.4. The Bertz CT molecular complexity index is 848. The second kappa shape index (κ2) is 6.71. The van der Waals surface area contributed by atoms with Crippen molar-refractivity contribution in [1.82, 2.24) is 10.2 Å². The lowest BCUT2D eigenvalue weighted by atomic mass is 10.0. The van der Waals surface area contributed by atoms with Gasteiger partial charge in [-0.1, -0.05) is 30.3 Å². The molecule has 134 valence electrons. The number of hydrogen-bond donors (Lipinski definition) is 2. The van der Waals surface area contributed by atoms with Crippen LogP contribution in [-0.4, -0.2) is 36.4 Å². The number of amides is 2. The van der Waals surface area contributed by atoms with E-state index in [0.29, 0.717) is 11.3 Å². The van der Waals surface area contributed by atoms with Gasteiger partial charge in [0.25, 0.3) is 11.8 Å². The highest BCUT2D eigenvalue weighted by molar-refractivity contribution is 6.02. The van der Waals surface area contributed by atoms with Gasteiger partial charge in [0.1, 0.15) is 11.9 Å². The topological polar surface area (TPSA) is 70.7 Å². The number of carbonyl (C=O) groups excluding carboxylic acids is 2. The Morgan fingerprint density at radius 3 is 2.69 bits per heavy atom. The van der Waals surface area contributed by atoms with Crippen molar-refractivity contribution < 1.29 is 14.3 Å². The highest BCUT2D eigenvalue weighted by Crippen LogP contribution is 2.42. The molecular weight excluding hydrogens is 330 g/mol. The van der Waals surface area contributed by atoms with Crippen molar-refractivity contribution in [2.45, 2.75) is 25.0 Å². The first-order valence-electron chi connectivity index (χ1n) is 8.79. The van der Waals surface area contributed by atoms with Crippen molar-refractivity contribution >= 4 is 17.5 Å². The Hall–Kier alpha value is -3.02. The van der Waals surface area contributed by atoms with Gasteiger partial charge in [0.2, 0.25) is 0 Å². The van der Waals surface area contributed by atoms with Gasteiger partial charge in [0.05, 0.1) is 5.56 Å². The van der Waals surface area contributed by atoms with Gasteiger partial charge >= 0.3 is 0 Å². The SMILES string of the molecule is CNC(=O)COc1ccccc1[C@H]1Nc2ccccc2C(=O)N1C1CC1. The molecule has 0 bridgehead atoms. The van der Waals surface area contributed by atoms with E-state index in [1.54, 1.807) is 7.05 Å². The number of anilines is 1. The molecule has 1 aliphatic carbocycles. The van der Waals surface area contributed by atoms with Crippen molar-refractivity contribution in [3.63, 3.8) is 0 Å². The number of likely N-dealkylation sites (N-methyl/N-ethyl adjacent to an activating group) is 1. The minimum absolute atomic E-state index is 0.0351. The summed E-state index contributed by atoms with van der Waals surface area (Å²) in [7, 11) is 1.57. The molecule has 0 spiro atoms. The largest absolute Gasteiger partial charge is 0.483 e. The van der Waals surface area contributed by atoms with Gasteiger partial charge in [0, 0.05) is 24.3 Å². The van der Waals surface area contributed by atoms with Crippen LogP contribution < -0.4 is 15.4 Å². The van der Waals surface area contributed by atoms with Gasteiger partial charge < -0.3 is 20.3 Å². The molecule has 0 aromatic heterocycles. The molecular formula is C20H21N3O3. The summed E-state index contributed by atoms with van der Waals surface area (Å²) in [5.41, 5.74) is 2.37. The zero-order valence-corrected chi connectivity index (χ0v) is 14.6. The van der Waals surface area contributed by atoms with E-state index in [2.05, 4.69) is 10.6 Å². The van der Waals surface area contributed by atoms with Crippen LogP contribution in [0.15, 0.2) is 48.5 Å². The van der Waals surface area contributed by atoms with E-state index in [0.717, 1.165) is 24.1 Å². The zero-order valence-electron chi connectivity index (χ0n) is 14.6. The van der Waals surface area contributed by atoms with Crippen LogP contribution in [0.5, 0.6) is 5.75 Å². The maximum Gasteiger partial charge on any atom is 0.258 e. The van der Waals surface area contributed by atoms with Gasteiger partial charge in [0.15, 0.2) is 6.61 Å². The average molecular weight is 351 g/mol. The Labute approximate surface area is 152 Å². The standard InChI is InChI=1S/C20H21N3O3/c1-21-18(24)12-26-17-9-5-3-7-15(17)19-22-16-8-4-2-6-14(16)20(25)23(19)13-10-11-13/h2-9,13,19,22H,10-12H2,1H3,(H,21,24)/t19-/m0/s1. The normalized spacial score (nSPS) is 18.7. The number of benzene rings is 2. The van der Waals surface area contributed by atoms with E-state index in [1.807, 2.05) is 53.4 Å². The molecule has 1 saturated carbocycles. The van der Waals surface area contributed by atoms with Gasteiger partial charge in [-0.25, -0.2) is 0 Å². The fraction of sp³-hybridized carbons (Fsp3) is 0.300. The van der Waals surface area contributed by atoms with Crippen LogP contribution in [0.1, 0.15) is 34.9 Å². The smallest absolute Gasteiger partial charge is 0.258 e. The molecule has 26 heavy (non-hydrogen) atoms. The lowest BCUT2D eigenvalue weighted by Gasteiger charge is -2.38. The Balaban J connectivity index is 1.70. The molecule has 2 N–H and O–H groups in total. The molecule has 1 aliphatic heterocycles. The van der Waals surface area contributed by atoms with Crippen LogP contribution in [0.3, 0.4) is 0 Å². The molecule has 2 aromatic carbocycles. The van der Waals surface area contributed by atoms with Gasteiger partial charge in [-0.3, -0.25) is 9.59 Å². The molecule has 6 nitrogen and oxygen atoms in total. The summed E-state index contributed by atoms with van der Waals surface area (Å²) in [5, 5.41) is 6.03. The van der Waals surface area contributed by atoms with Crippen LogP contribution in [0.4, 0.5) is 5.69 Å². The number of rotatable bonds is 5. The van der Waals surface area contributed by atoms with E-state index in [9.17, 15) is 9.59 Å². The number of hydrogen-bond acceptors (Lipinski definition) is 4. The van der Waals surface area contributed by atoms with Crippen LogP contribution >= 0.6 is 0 Å². The van der Waals surface area contributed by atoms with E-state index in [4.69, 9.17) is 4.74 Å². The van der Waals surface area contributed by atoms with Crippen molar-refractivity contribution in [2.24, 2.45) is 0 Å². The van der Waals surface area contributed by atoms with Crippen LogP contribution in [0.2, 0.25) is 0 Å². The molecule has 0 radical (unpaired) electrons. The fourth-order valence-corrected chi connectivity index (χ4v) is 3.28. The summed E-state index contributed by atoms with van der Waals surface area (Å²) >= 11 is 0. The first-order valence-corrected chi connectivity index (χ1v) is 8.79. The van der Waals surface area contributed by atoms with E-state index in [-0.39, 0.29) is 30.6 Å². The molecule has 2 aromatic rings. The monoisotopic (exact) mass is 351 g/mol. The average Bonchev–Trinajstić information content (AvgIpc) is 3.51. The molecule has 4 rings (SSSR count). The maximum atomic E-state index is 13.1. The summed E-state index contributed by atoms with van der Waals surface area (Å²) < 4.78 is 5.72. The molecule has 1 atom stereocenters. The number of para-hydroxylation sites is 2. The number of carbonyl (C=O) groups is 2. The third-order valence-electron chi connectivity index (χ3n) is 4.75. The third-order valence-corrected chi connectivity index (χ3v) is 4.75. The zero-order chi connectivity index (χ0) is 18.1.